The Balaban J connectivity index is 2.04. The zero-order valence-corrected chi connectivity index (χ0v) is 12.1. The van der Waals surface area contributed by atoms with Crippen LogP contribution in [0.25, 0.3) is 0 Å². The van der Waals surface area contributed by atoms with Crippen molar-refractivity contribution in [3.63, 3.8) is 0 Å². The number of hydrogen-bond acceptors (Lipinski definition) is 3. The van der Waals surface area contributed by atoms with Gasteiger partial charge in [0.1, 0.15) is 11.0 Å². The summed E-state index contributed by atoms with van der Waals surface area (Å²) in [6.45, 7) is 4.93. The quantitative estimate of drug-likeness (QED) is 0.788. The lowest BCUT2D eigenvalue weighted by atomic mass is 10.2. The Kier molecular flexibility index (Phi) is 4.64. The van der Waals surface area contributed by atoms with Gasteiger partial charge in [0.15, 0.2) is 0 Å². The molecule has 0 aliphatic heterocycles. The van der Waals surface area contributed by atoms with Gasteiger partial charge in [0.2, 0.25) is 0 Å². The van der Waals surface area contributed by atoms with E-state index in [9.17, 15) is 4.79 Å². The van der Waals surface area contributed by atoms with Crippen LogP contribution in [0.15, 0.2) is 12.1 Å². The first-order chi connectivity index (χ1) is 9.10. The Labute approximate surface area is 118 Å². The molecule has 1 aromatic heterocycles. The molecule has 1 fully saturated rings. The molecule has 1 aliphatic carbocycles. The van der Waals surface area contributed by atoms with Crippen LogP contribution in [0.2, 0.25) is 5.15 Å². The van der Waals surface area contributed by atoms with E-state index in [1.807, 2.05) is 0 Å². The molecule has 0 radical (unpaired) electrons. The van der Waals surface area contributed by atoms with E-state index in [0.717, 1.165) is 13.0 Å². The summed E-state index contributed by atoms with van der Waals surface area (Å²) in [6, 6.07) is 3.58. The van der Waals surface area contributed by atoms with Gasteiger partial charge < -0.3 is 10.6 Å². The number of amides is 1. The van der Waals surface area contributed by atoms with Crippen LogP contribution in [0.3, 0.4) is 0 Å². The van der Waals surface area contributed by atoms with Gasteiger partial charge in [-0.25, -0.2) is 4.98 Å². The minimum Gasteiger partial charge on any atom is -0.370 e. The Hall–Kier alpha value is -1.29. The lowest BCUT2D eigenvalue weighted by Gasteiger charge is -2.13. The summed E-state index contributed by atoms with van der Waals surface area (Å²) < 4.78 is 0. The number of pyridine rings is 1. The summed E-state index contributed by atoms with van der Waals surface area (Å²) in [4.78, 5) is 16.3. The molecule has 0 aromatic carbocycles. The first kappa shape index (κ1) is 14.1. The van der Waals surface area contributed by atoms with Crippen molar-refractivity contribution in [2.75, 3.05) is 11.9 Å². The van der Waals surface area contributed by atoms with Gasteiger partial charge in [-0.2, -0.15) is 0 Å². The van der Waals surface area contributed by atoms with Crippen LogP contribution in [0.1, 0.15) is 43.5 Å². The Bertz CT molecular complexity index is 460. The second-order valence-electron chi connectivity index (χ2n) is 5.09. The smallest absolute Gasteiger partial charge is 0.251 e. The minimum atomic E-state index is -0.0803. The van der Waals surface area contributed by atoms with E-state index in [1.165, 1.54) is 12.8 Å². The summed E-state index contributed by atoms with van der Waals surface area (Å²) in [5.41, 5.74) is 0.561. The van der Waals surface area contributed by atoms with Crippen LogP contribution in [-0.2, 0) is 0 Å². The molecular formula is C14H20ClN3O. The van der Waals surface area contributed by atoms with Crippen molar-refractivity contribution in [1.82, 2.24) is 10.3 Å². The molecule has 1 saturated carbocycles. The standard InChI is InChI=1S/C14H20ClN3O/c1-3-6-16-13-8-11(7-12(15)18-13)14(19)17-9(2)10-4-5-10/h7-10H,3-6H2,1-2H3,(H,16,18)(H,17,19). The van der Waals surface area contributed by atoms with Crippen molar-refractivity contribution in [3.8, 4) is 0 Å². The second-order valence-corrected chi connectivity index (χ2v) is 5.48. The predicted molar refractivity (Wildman–Crippen MR) is 77.7 cm³/mol. The molecule has 1 amide bonds. The summed E-state index contributed by atoms with van der Waals surface area (Å²) in [6.07, 6.45) is 3.41. The highest BCUT2D eigenvalue weighted by atomic mass is 35.5. The number of hydrogen-bond donors (Lipinski definition) is 2. The molecule has 19 heavy (non-hydrogen) atoms. The zero-order chi connectivity index (χ0) is 13.8. The number of rotatable bonds is 6. The Morgan fingerprint density at radius 3 is 2.89 bits per heavy atom. The van der Waals surface area contributed by atoms with Gasteiger partial charge in [-0.15, -0.1) is 0 Å². The van der Waals surface area contributed by atoms with E-state index in [1.54, 1.807) is 12.1 Å². The number of carbonyl (C=O) groups is 1. The highest BCUT2D eigenvalue weighted by Crippen LogP contribution is 2.32. The molecule has 0 saturated heterocycles. The fourth-order valence-corrected chi connectivity index (χ4v) is 2.18. The first-order valence-electron chi connectivity index (χ1n) is 6.82. The molecule has 1 heterocycles. The first-order valence-corrected chi connectivity index (χ1v) is 7.20. The predicted octanol–water partition coefficient (Wildman–Crippen LogP) is 3.09. The van der Waals surface area contributed by atoms with Crippen molar-refractivity contribution < 1.29 is 4.79 Å². The van der Waals surface area contributed by atoms with E-state index in [2.05, 4.69) is 29.5 Å². The summed E-state index contributed by atoms with van der Waals surface area (Å²) >= 11 is 5.95. The average molecular weight is 282 g/mol. The van der Waals surface area contributed by atoms with E-state index in [4.69, 9.17) is 11.6 Å². The van der Waals surface area contributed by atoms with Gasteiger partial charge in [-0.1, -0.05) is 18.5 Å². The van der Waals surface area contributed by atoms with Gasteiger partial charge in [-0.3, -0.25) is 4.79 Å². The Morgan fingerprint density at radius 2 is 2.26 bits per heavy atom. The molecule has 1 aliphatic rings. The fourth-order valence-electron chi connectivity index (χ4n) is 1.98. The molecule has 1 unspecified atom stereocenters. The molecule has 1 aromatic rings. The van der Waals surface area contributed by atoms with Crippen molar-refractivity contribution in [2.24, 2.45) is 5.92 Å². The molecule has 2 rings (SSSR count). The molecular weight excluding hydrogens is 262 g/mol. The maximum absolute atomic E-state index is 12.1. The van der Waals surface area contributed by atoms with Crippen LogP contribution in [0.4, 0.5) is 5.82 Å². The van der Waals surface area contributed by atoms with Gasteiger partial charge in [-0.05, 0) is 44.2 Å². The molecule has 0 bridgehead atoms. The lowest BCUT2D eigenvalue weighted by Crippen LogP contribution is -2.34. The number of anilines is 1. The summed E-state index contributed by atoms with van der Waals surface area (Å²) in [5, 5.41) is 6.50. The van der Waals surface area contributed by atoms with Crippen molar-refractivity contribution >= 4 is 23.3 Å². The van der Waals surface area contributed by atoms with Gasteiger partial charge >= 0.3 is 0 Å². The average Bonchev–Trinajstić information content (AvgIpc) is 3.19. The third-order valence-corrected chi connectivity index (χ3v) is 3.49. The van der Waals surface area contributed by atoms with Crippen molar-refractivity contribution in [3.05, 3.63) is 22.8 Å². The number of nitrogens with zero attached hydrogens (tertiary/aromatic N) is 1. The minimum absolute atomic E-state index is 0.0803. The highest BCUT2D eigenvalue weighted by Gasteiger charge is 2.29. The van der Waals surface area contributed by atoms with E-state index in [0.29, 0.717) is 22.5 Å². The molecule has 104 valence electrons. The maximum Gasteiger partial charge on any atom is 0.251 e. The second kappa shape index (κ2) is 6.24. The van der Waals surface area contributed by atoms with E-state index < -0.39 is 0 Å². The molecule has 2 N–H and O–H groups in total. The van der Waals surface area contributed by atoms with Crippen LogP contribution >= 0.6 is 11.6 Å². The van der Waals surface area contributed by atoms with E-state index >= 15 is 0 Å². The van der Waals surface area contributed by atoms with Gasteiger partial charge in [0.05, 0.1) is 0 Å². The zero-order valence-electron chi connectivity index (χ0n) is 11.4. The SMILES string of the molecule is CCCNc1cc(C(=O)NC(C)C2CC2)cc(Cl)n1. The molecule has 0 spiro atoms. The summed E-state index contributed by atoms with van der Waals surface area (Å²) in [7, 11) is 0. The van der Waals surface area contributed by atoms with E-state index in [-0.39, 0.29) is 11.9 Å². The number of nitrogens with one attached hydrogen (secondary N) is 2. The molecule has 1 atom stereocenters. The maximum atomic E-state index is 12.1. The number of halogens is 1. The van der Waals surface area contributed by atoms with Crippen LogP contribution in [0.5, 0.6) is 0 Å². The normalized spacial score (nSPS) is 15.9. The fraction of sp³-hybridized carbons (Fsp3) is 0.571. The third-order valence-electron chi connectivity index (χ3n) is 3.30. The van der Waals surface area contributed by atoms with Gasteiger partial charge in [0.25, 0.3) is 5.91 Å². The third kappa shape index (κ3) is 4.10. The topological polar surface area (TPSA) is 54.0 Å². The van der Waals surface area contributed by atoms with Crippen LogP contribution < -0.4 is 10.6 Å². The number of aromatic nitrogens is 1. The van der Waals surface area contributed by atoms with Crippen LogP contribution in [0, 0.1) is 5.92 Å². The summed E-state index contributed by atoms with van der Waals surface area (Å²) in [5.74, 6) is 1.21. The van der Waals surface area contributed by atoms with Crippen LogP contribution in [-0.4, -0.2) is 23.5 Å². The largest absolute Gasteiger partial charge is 0.370 e. The highest BCUT2D eigenvalue weighted by molar-refractivity contribution is 6.29. The van der Waals surface area contributed by atoms with Crippen molar-refractivity contribution in [1.29, 1.82) is 0 Å². The lowest BCUT2D eigenvalue weighted by molar-refractivity contribution is 0.0936. The Morgan fingerprint density at radius 1 is 1.53 bits per heavy atom. The van der Waals surface area contributed by atoms with Crippen molar-refractivity contribution in [2.45, 2.75) is 39.2 Å². The molecule has 5 heteroatoms. The monoisotopic (exact) mass is 281 g/mol. The van der Waals surface area contributed by atoms with Gasteiger partial charge in [0, 0.05) is 18.2 Å². The number of carbonyl (C=O) groups excluding carboxylic acids is 1. The molecule has 4 nitrogen and oxygen atoms in total.